The normalized spacial score (nSPS) is 13.7. The van der Waals surface area contributed by atoms with E-state index in [1.807, 2.05) is 0 Å². The number of esters is 1. The van der Waals surface area contributed by atoms with Crippen molar-refractivity contribution in [2.24, 2.45) is 0 Å². The summed E-state index contributed by atoms with van der Waals surface area (Å²) in [4.78, 5) is 11.3. The number of carbonyl (C=O) groups excluding carboxylic acids is 1. The Kier molecular flexibility index (Phi) is 6.30. The molecule has 0 saturated heterocycles. The van der Waals surface area contributed by atoms with E-state index in [1.165, 1.54) is 31.2 Å². The van der Waals surface area contributed by atoms with Crippen LogP contribution in [-0.4, -0.2) is 30.2 Å². The molecule has 0 aromatic heterocycles. The van der Waals surface area contributed by atoms with Gasteiger partial charge in [0, 0.05) is 0 Å². The monoisotopic (exact) mass is 300 g/mol. The Morgan fingerprint density at radius 3 is 2.33 bits per heavy atom. The predicted octanol–water partition coefficient (Wildman–Crippen LogP) is 2.84. The zero-order valence-corrected chi connectivity index (χ0v) is 11.9. The Balaban J connectivity index is 3.06. The zero-order chi connectivity index (χ0) is 15.9. The second-order valence-electron chi connectivity index (χ2n) is 4.13. The minimum atomic E-state index is -3.75. The fourth-order valence-corrected chi connectivity index (χ4v) is 1.66. The Labute approximate surface area is 122 Å². The molecule has 0 saturated carbocycles. The summed E-state index contributed by atoms with van der Waals surface area (Å²) in [7, 11) is 0. The third-order valence-corrected chi connectivity index (χ3v) is 2.62. The molecular weight excluding hydrogens is 282 g/mol. The SMILES string of the molecule is CCOC(=O)/C=C(\OCC)C(F)(F)C(O)c1ccccc1. The lowest BCUT2D eigenvalue weighted by molar-refractivity contribution is -0.139. The number of benzene rings is 1. The van der Waals surface area contributed by atoms with Gasteiger partial charge in [-0.2, -0.15) is 8.78 Å². The average Bonchev–Trinajstić information content (AvgIpc) is 2.47. The summed E-state index contributed by atoms with van der Waals surface area (Å²) in [5.41, 5.74) is 0.0250. The highest BCUT2D eigenvalue weighted by atomic mass is 19.3. The lowest BCUT2D eigenvalue weighted by Crippen LogP contribution is -2.31. The van der Waals surface area contributed by atoms with Gasteiger partial charge in [0.05, 0.1) is 19.3 Å². The van der Waals surface area contributed by atoms with E-state index in [0.29, 0.717) is 6.08 Å². The summed E-state index contributed by atoms with van der Waals surface area (Å²) in [5.74, 6) is -5.61. The first-order valence-corrected chi connectivity index (χ1v) is 6.56. The van der Waals surface area contributed by atoms with Crippen LogP contribution in [0.1, 0.15) is 25.5 Å². The van der Waals surface area contributed by atoms with Crippen molar-refractivity contribution in [1.29, 1.82) is 0 Å². The molecule has 6 heteroatoms. The molecule has 0 amide bonds. The van der Waals surface area contributed by atoms with Crippen LogP contribution in [-0.2, 0) is 14.3 Å². The van der Waals surface area contributed by atoms with Gasteiger partial charge in [-0.3, -0.25) is 0 Å². The van der Waals surface area contributed by atoms with Crippen molar-refractivity contribution in [3.8, 4) is 0 Å². The maximum Gasteiger partial charge on any atom is 0.334 e. The molecule has 116 valence electrons. The Morgan fingerprint density at radius 2 is 1.81 bits per heavy atom. The number of alkyl halides is 2. The van der Waals surface area contributed by atoms with Gasteiger partial charge < -0.3 is 14.6 Å². The van der Waals surface area contributed by atoms with Crippen LogP contribution in [0.5, 0.6) is 0 Å². The lowest BCUT2D eigenvalue weighted by atomic mass is 10.0. The molecule has 0 radical (unpaired) electrons. The van der Waals surface area contributed by atoms with Gasteiger partial charge in [-0.1, -0.05) is 30.3 Å². The van der Waals surface area contributed by atoms with Crippen LogP contribution in [0, 0.1) is 0 Å². The Morgan fingerprint density at radius 1 is 1.24 bits per heavy atom. The average molecular weight is 300 g/mol. The quantitative estimate of drug-likeness (QED) is 0.478. The fourth-order valence-electron chi connectivity index (χ4n) is 1.66. The molecule has 0 spiro atoms. The van der Waals surface area contributed by atoms with E-state index >= 15 is 0 Å². The van der Waals surface area contributed by atoms with Gasteiger partial charge in [0.15, 0.2) is 11.9 Å². The highest BCUT2D eigenvalue weighted by molar-refractivity contribution is 5.82. The van der Waals surface area contributed by atoms with Crippen molar-refractivity contribution < 1.29 is 28.2 Å². The van der Waals surface area contributed by atoms with Gasteiger partial charge in [0.25, 0.3) is 0 Å². The third-order valence-electron chi connectivity index (χ3n) is 2.62. The van der Waals surface area contributed by atoms with Crippen LogP contribution in [0.25, 0.3) is 0 Å². The molecule has 21 heavy (non-hydrogen) atoms. The first kappa shape index (κ1) is 17.1. The number of ether oxygens (including phenoxy) is 2. The van der Waals surface area contributed by atoms with Gasteiger partial charge in [0.2, 0.25) is 0 Å². The second-order valence-corrected chi connectivity index (χ2v) is 4.13. The van der Waals surface area contributed by atoms with Gasteiger partial charge in [-0.25, -0.2) is 4.79 Å². The number of halogens is 2. The molecule has 0 aliphatic heterocycles. The number of rotatable bonds is 7. The molecule has 0 bridgehead atoms. The number of hydrogen-bond donors (Lipinski definition) is 1. The van der Waals surface area contributed by atoms with Gasteiger partial charge in [-0.05, 0) is 19.4 Å². The Hall–Kier alpha value is -1.95. The third kappa shape index (κ3) is 4.53. The van der Waals surface area contributed by atoms with E-state index in [2.05, 4.69) is 4.74 Å². The number of aliphatic hydroxyl groups excluding tert-OH is 1. The van der Waals surface area contributed by atoms with Gasteiger partial charge in [0.1, 0.15) is 0 Å². The molecule has 0 aliphatic rings. The number of aliphatic hydroxyl groups is 1. The summed E-state index contributed by atoms with van der Waals surface area (Å²) in [5, 5.41) is 9.87. The van der Waals surface area contributed by atoms with Crippen molar-refractivity contribution in [2.75, 3.05) is 13.2 Å². The van der Waals surface area contributed by atoms with E-state index in [-0.39, 0.29) is 18.8 Å². The van der Waals surface area contributed by atoms with Crippen molar-refractivity contribution in [1.82, 2.24) is 0 Å². The van der Waals surface area contributed by atoms with Crippen LogP contribution in [0.4, 0.5) is 8.78 Å². The van der Waals surface area contributed by atoms with Crippen molar-refractivity contribution >= 4 is 5.97 Å². The summed E-state index contributed by atoms with van der Waals surface area (Å²) < 4.78 is 38.0. The molecule has 1 N–H and O–H groups in total. The molecule has 1 unspecified atom stereocenters. The zero-order valence-electron chi connectivity index (χ0n) is 11.9. The molecule has 0 fully saturated rings. The lowest BCUT2D eigenvalue weighted by Gasteiger charge is -2.25. The maximum atomic E-state index is 14.3. The maximum absolute atomic E-state index is 14.3. The van der Waals surface area contributed by atoms with Crippen LogP contribution >= 0.6 is 0 Å². The topological polar surface area (TPSA) is 55.8 Å². The highest BCUT2D eigenvalue weighted by Gasteiger charge is 2.45. The van der Waals surface area contributed by atoms with E-state index in [1.54, 1.807) is 13.0 Å². The van der Waals surface area contributed by atoms with E-state index in [9.17, 15) is 18.7 Å². The van der Waals surface area contributed by atoms with Crippen LogP contribution in [0.2, 0.25) is 0 Å². The summed E-state index contributed by atoms with van der Waals surface area (Å²) in [6.07, 6.45) is -1.55. The van der Waals surface area contributed by atoms with Crippen molar-refractivity contribution in [3.05, 3.63) is 47.7 Å². The minimum Gasteiger partial charge on any atom is -0.491 e. The molecule has 4 nitrogen and oxygen atoms in total. The second kappa shape index (κ2) is 7.73. The van der Waals surface area contributed by atoms with Crippen LogP contribution in [0.15, 0.2) is 42.2 Å². The van der Waals surface area contributed by atoms with Crippen LogP contribution < -0.4 is 0 Å². The van der Waals surface area contributed by atoms with Crippen molar-refractivity contribution in [3.63, 3.8) is 0 Å². The number of carbonyl (C=O) groups is 1. The number of hydrogen-bond acceptors (Lipinski definition) is 4. The van der Waals surface area contributed by atoms with Gasteiger partial charge >= 0.3 is 11.9 Å². The molecule has 0 heterocycles. The smallest absolute Gasteiger partial charge is 0.334 e. The first-order chi connectivity index (χ1) is 9.93. The molecule has 1 rings (SSSR count). The molecule has 0 aliphatic carbocycles. The van der Waals surface area contributed by atoms with Gasteiger partial charge in [-0.15, -0.1) is 0 Å². The standard InChI is InChI=1S/C15H18F2O4/c1-3-20-12(10-13(18)21-4-2)15(16,17)14(19)11-8-6-5-7-9-11/h5-10,14,19H,3-4H2,1-2H3/b12-10-. The summed E-state index contributed by atoms with van der Waals surface area (Å²) >= 11 is 0. The molecule has 1 atom stereocenters. The summed E-state index contributed by atoms with van der Waals surface area (Å²) in [6.45, 7) is 3.05. The fraction of sp³-hybridized carbons (Fsp3) is 0.400. The molecule has 1 aromatic rings. The van der Waals surface area contributed by atoms with E-state index in [4.69, 9.17) is 4.74 Å². The van der Waals surface area contributed by atoms with Crippen molar-refractivity contribution in [2.45, 2.75) is 25.9 Å². The van der Waals surface area contributed by atoms with E-state index < -0.39 is 23.8 Å². The Bertz CT molecular complexity index is 486. The minimum absolute atomic E-state index is 0.0250. The van der Waals surface area contributed by atoms with Crippen LogP contribution in [0.3, 0.4) is 0 Å². The van der Waals surface area contributed by atoms with E-state index in [0.717, 1.165) is 0 Å². The highest BCUT2D eigenvalue weighted by Crippen LogP contribution is 2.38. The molecule has 1 aromatic carbocycles. The first-order valence-electron chi connectivity index (χ1n) is 6.56. The predicted molar refractivity (Wildman–Crippen MR) is 72.7 cm³/mol. The molecular formula is C15H18F2O4. The largest absolute Gasteiger partial charge is 0.491 e. The summed E-state index contributed by atoms with van der Waals surface area (Å²) in [6, 6.07) is 7.44.